The van der Waals surface area contributed by atoms with Gasteiger partial charge in [0.05, 0.1) is 18.7 Å². The van der Waals surface area contributed by atoms with Gasteiger partial charge >= 0.3 is 0 Å². The predicted molar refractivity (Wildman–Crippen MR) is 80.9 cm³/mol. The van der Waals surface area contributed by atoms with E-state index in [0.29, 0.717) is 23.6 Å². The molecule has 0 saturated heterocycles. The number of nitrogens with one attached hydrogen (secondary N) is 1. The van der Waals surface area contributed by atoms with Crippen LogP contribution in [0.3, 0.4) is 0 Å². The van der Waals surface area contributed by atoms with Crippen LogP contribution in [0.2, 0.25) is 5.02 Å². The summed E-state index contributed by atoms with van der Waals surface area (Å²) in [6.45, 7) is 0. The number of aryl methyl sites for hydroxylation is 2. The molecule has 6 heteroatoms. The molecular weight excluding hydrogens is 288 g/mol. The van der Waals surface area contributed by atoms with Crippen LogP contribution in [0.25, 0.3) is 0 Å². The third kappa shape index (κ3) is 4.33. The zero-order valence-electron chi connectivity index (χ0n) is 11.6. The SMILES string of the molecule is Cn1cc(CCC(=O)Nc2ccc(Cl)cc2CC#N)cn1. The zero-order valence-corrected chi connectivity index (χ0v) is 12.4. The zero-order chi connectivity index (χ0) is 15.2. The van der Waals surface area contributed by atoms with Crippen LogP contribution >= 0.6 is 11.6 Å². The summed E-state index contributed by atoms with van der Waals surface area (Å²) in [5.41, 5.74) is 2.37. The van der Waals surface area contributed by atoms with Crippen molar-refractivity contribution in [1.29, 1.82) is 5.26 Å². The van der Waals surface area contributed by atoms with Crippen molar-refractivity contribution in [2.75, 3.05) is 5.32 Å². The molecule has 0 unspecified atom stereocenters. The van der Waals surface area contributed by atoms with Crippen LogP contribution in [-0.4, -0.2) is 15.7 Å². The minimum atomic E-state index is -0.0969. The van der Waals surface area contributed by atoms with E-state index in [0.717, 1.165) is 11.1 Å². The van der Waals surface area contributed by atoms with Crippen LogP contribution < -0.4 is 5.32 Å². The number of rotatable bonds is 5. The number of aromatic nitrogens is 2. The first-order valence-electron chi connectivity index (χ1n) is 6.51. The van der Waals surface area contributed by atoms with Crippen LogP contribution in [0.5, 0.6) is 0 Å². The maximum atomic E-state index is 12.0. The van der Waals surface area contributed by atoms with Gasteiger partial charge in [0.15, 0.2) is 0 Å². The van der Waals surface area contributed by atoms with Crippen LogP contribution in [0.4, 0.5) is 5.69 Å². The molecule has 0 bridgehead atoms. The number of nitrogens with zero attached hydrogens (tertiary/aromatic N) is 3. The summed E-state index contributed by atoms with van der Waals surface area (Å²) in [7, 11) is 1.84. The van der Waals surface area contributed by atoms with Gasteiger partial charge in [0, 0.05) is 30.4 Å². The van der Waals surface area contributed by atoms with Crippen molar-refractivity contribution in [3.05, 3.63) is 46.7 Å². The van der Waals surface area contributed by atoms with Gasteiger partial charge in [-0.3, -0.25) is 9.48 Å². The van der Waals surface area contributed by atoms with Gasteiger partial charge < -0.3 is 5.32 Å². The Labute approximate surface area is 128 Å². The lowest BCUT2D eigenvalue weighted by Crippen LogP contribution is -2.13. The van der Waals surface area contributed by atoms with Gasteiger partial charge in [-0.15, -0.1) is 0 Å². The lowest BCUT2D eigenvalue weighted by Gasteiger charge is -2.09. The van der Waals surface area contributed by atoms with E-state index in [4.69, 9.17) is 16.9 Å². The molecule has 2 aromatic rings. The Balaban J connectivity index is 1.97. The average molecular weight is 303 g/mol. The Bertz CT molecular complexity index is 687. The summed E-state index contributed by atoms with van der Waals surface area (Å²) >= 11 is 5.90. The number of amides is 1. The third-order valence-corrected chi connectivity index (χ3v) is 3.25. The van der Waals surface area contributed by atoms with Crippen molar-refractivity contribution in [3.8, 4) is 6.07 Å². The first-order chi connectivity index (χ1) is 10.1. The summed E-state index contributed by atoms with van der Waals surface area (Å²) in [6, 6.07) is 7.17. The predicted octanol–water partition coefficient (Wildman–Crippen LogP) is 2.71. The number of benzene rings is 1. The topological polar surface area (TPSA) is 70.7 Å². The molecule has 0 fully saturated rings. The van der Waals surface area contributed by atoms with E-state index >= 15 is 0 Å². The third-order valence-electron chi connectivity index (χ3n) is 3.01. The maximum Gasteiger partial charge on any atom is 0.224 e. The maximum absolute atomic E-state index is 12.0. The standard InChI is InChI=1S/C15H15ClN4O/c1-20-10-11(9-18-20)2-5-15(21)19-14-4-3-13(16)8-12(14)6-7-17/h3-4,8-10H,2,5-6H2,1H3,(H,19,21). The highest BCUT2D eigenvalue weighted by Gasteiger charge is 2.08. The van der Waals surface area contributed by atoms with Crippen molar-refractivity contribution >= 4 is 23.2 Å². The fourth-order valence-electron chi connectivity index (χ4n) is 1.99. The Hall–Kier alpha value is -2.32. The number of nitriles is 1. The number of hydrogen-bond donors (Lipinski definition) is 1. The molecule has 1 heterocycles. The van der Waals surface area contributed by atoms with Crippen molar-refractivity contribution in [1.82, 2.24) is 9.78 Å². The molecule has 0 atom stereocenters. The Morgan fingerprint density at radius 1 is 1.52 bits per heavy atom. The molecule has 1 aromatic carbocycles. The second-order valence-electron chi connectivity index (χ2n) is 4.71. The van der Waals surface area contributed by atoms with Crippen molar-refractivity contribution < 1.29 is 4.79 Å². The van der Waals surface area contributed by atoms with Gasteiger partial charge in [0.2, 0.25) is 5.91 Å². The number of carbonyl (C=O) groups excluding carboxylic acids is 1. The molecule has 2 rings (SSSR count). The van der Waals surface area contributed by atoms with Gasteiger partial charge in [-0.25, -0.2) is 0 Å². The second kappa shape index (κ2) is 6.91. The smallest absolute Gasteiger partial charge is 0.224 e. The molecule has 5 nitrogen and oxygen atoms in total. The van der Waals surface area contributed by atoms with Crippen molar-refractivity contribution in [2.45, 2.75) is 19.3 Å². The lowest BCUT2D eigenvalue weighted by atomic mass is 10.1. The van der Waals surface area contributed by atoms with E-state index < -0.39 is 0 Å². The largest absolute Gasteiger partial charge is 0.326 e. The summed E-state index contributed by atoms with van der Waals surface area (Å²) in [4.78, 5) is 12.0. The minimum Gasteiger partial charge on any atom is -0.326 e. The van der Waals surface area contributed by atoms with Gasteiger partial charge in [-0.05, 0) is 35.7 Å². The molecule has 21 heavy (non-hydrogen) atoms. The van der Waals surface area contributed by atoms with E-state index in [2.05, 4.69) is 16.5 Å². The molecule has 0 radical (unpaired) electrons. The van der Waals surface area contributed by atoms with Crippen LogP contribution in [-0.2, 0) is 24.7 Å². The lowest BCUT2D eigenvalue weighted by molar-refractivity contribution is -0.116. The Kier molecular flexibility index (Phi) is 4.96. The fourth-order valence-corrected chi connectivity index (χ4v) is 2.18. The van der Waals surface area contributed by atoms with Gasteiger partial charge in [-0.2, -0.15) is 10.4 Å². The normalized spacial score (nSPS) is 10.1. The highest BCUT2D eigenvalue weighted by atomic mass is 35.5. The van der Waals surface area contributed by atoms with E-state index in [-0.39, 0.29) is 12.3 Å². The monoisotopic (exact) mass is 302 g/mol. The second-order valence-corrected chi connectivity index (χ2v) is 5.14. The molecule has 0 aliphatic heterocycles. The molecule has 108 valence electrons. The summed E-state index contributed by atoms with van der Waals surface area (Å²) in [5.74, 6) is -0.0969. The summed E-state index contributed by atoms with van der Waals surface area (Å²) < 4.78 is 1.71. The average Bonchev–Trinajstić information content (AvgIpc) is 2.86. The molecule has 0 saturated carbocycles. The Morgan fingerprint density at radius 3 is 3.00 bits per heavy atom. The Morgan fingerprint density at radius 2 is 2.33 bits per heavy atom. The van der Waals surface area contributed by atoms with Crippen LogP contribution in [0.15, 0.2) is 30.6 Å². The number of halogens is 1. The van der Waals surface area contributed by atoms with E-state index in [1.54, 1.807) is 29.1 Å². The fraction of sp³-hybridized carbons (Fsp3) is 0.267. The number of carbonyl (C=O) groups is 1. The number of anilines is 1. The number of hydrogen-bond acceptors (Lipinski definition) is 3. The molecule has 0 aliphatic carbocycles. The summed E-state index contributed by atoms with van der Waals surface area (Å²) in [5, 5.41) is 16.2. The van der Waals surface area contributed by atoms with Crippen LogP contribution in [0.1, 0.15) is 17.5 Å². The first kappa shape index (κ1) is 15.1. The quantitative estimate of drug-likeness (QED) is 0.923. The minimum absolute atomic E-state index is 0.0969. The van der Waals surface area contributed by atoms with Gasteiger partial charge in [-0.1, -0.05) is 11.6 Å². The van der Waals surface area contributed by atoms with Gasteiger partial charge in [0.25, 0.3) is 0 Å². The first-order valence-corrected chi connectivity index (χ1v) is 6.89. The molecule has 0 spiro atoms. The van der Waals surface area contributed by atoms with E-state index in [9.17, 15) is 4.79 Å². The molecular formula is C15H15ClN4O. The molecule has 0 aliphatic rings. The van der Waals surface area contributed by atoms with Crippen molar-refractivity contribution in [3.63, 3.8) is 0 Å². The van der Waals surface area contributed by atoms with E-state index in [1.807, 2.05) is 13.2 Å². The van der Waals surface area contributed by atoms with E-state index in [1.165, 1.54) is 0 Å². The highest BCUT2D eigenvalue weighted by Crippen LogP contribution is 2.21. The van der Waals surface area contributed by atoms with Crippen molar-refractivity contribution in [2.24, 2.45) is 7.05 Å². The van der Waals surface area contributed by atoms with Gasteiger partial charge in [0.1, 0.15) is 0 Å². The van der Waals surface area contributed by atoms with Crippen LogP contribution in [0, 0.1) is 11.3 Å². The summed E-state index contributed by atoms with van der Waals surface area (Å²) in [6.07, 6.45) is 4.83. The molecule has 1 aromatic heterocycles. The molecule has 1 amide bonds. The molecule has 1 N–H and O–H groups in total. The highest BCUT2D eigenvalue weighted by molar-refractivity contribution is 6.30.